The number of hydrogen-bond acceptors (Lipinski definition) is 4. The van der Waals surface area contributed by atoms with Crippen molar-refractivity contribution in [2.45, 2.75) is 20.4 Å². The molecule has 0 unspecified atom stereocenters. The van der Waals surface area contributed by atoms with Crippen LogP contribution in [0.5, 0.6) is 11.5 Å². The van der Waals surface area contributed by atoms with E-state index in [1.807, 2.05) is 50.2 Å². The van der Waals surface area contributed by atoms with Gasteiger partial charge in [0.05, 0.1) is 5.52 Å². The van der Waals surface area contributed by atoms with Crippen LogP contribution in [0.25, 0.3) is 10.9 Å². The summed E-state index contributed by atoms with van der Waals surface area (Å²) in [5.41, 5.74) is 9.50. The summed E-state index contributed by atoms with van der Waals surface area (Å²) in [7, 11) is 0. The van der Waals surface area contributed by atoms with Gasteiger partial charge < -0.3 is 10.5 Å². The van der Waals surface area contributed by atoms with Crippen molar-refractivity contribution >= 4 is 10.9 Å². The molecule has 106 valence electrons. The molecule has 0 atom stereocenters. The molecule has 4 nitrogen and oxygen atoms in total. The van der Waals surface area contributed by atoms with Gasteiger partial charge in [0.25, 0.3) is 0 Å². The summed E-state index contributed by atoms with van der Waals surface area (Å²) in [5, 5.41) is 0.982. The Morgan fingerprint density at radius 1 is 1.10 bits per heavy atom. The summed E-state index contributed by atoms with van der Waals surface area (Å²) in [6, 6.07) is 11.7. The van der Waals surface area contributed by atoms with Crippen LogP contribution < -0.4 is 10.5 Å². The number of hydrogen-bond donors (Lipinski definition) is 1. The molecule has 3 rings (SSSR count). The minimum atomic E-state index is 0.400. The van der Waals surface area contributed by atoms with Gasteiger partial charge in [-0.2, -0.15) is 0 Å². The molecule has 0 aliphatic rings. The Morgan fingerprint density at radius 2 is 1.95 bits per heavy atom. The van der Waals surface area contributed by atoms with Gasteiger partial charge >= 0.3 is 0 Å². The molecule has 4 heteroatoms. The van der Waals surface area contributed by atoms with Crippen molar-refractivity contribution in [1.29, 1.82) is 0 Å². The van der Waals surface area contributed by atoms with Crippen LogP contribution in [0.1, 0.15) is 17.0 Å². The Labute approximate surface area is 123 Å². The largest absolute Gasteiger partial charge is 0.456 e. The second kappa shape index (κ2) is 5.50. The molecule has 0 saturated carbocycles. The lowest BCUT2D eigenvalue weighted by atomic mass is 10.1. The van der Waals surface area contributed by atoms with Crippen LogP contribution in [-0.2, 0) is 6.54 Å². The fraction of sp³-hybridized carbons (Fsp3) is 0.176. The zero-order valence-electron chi connectivity index (χ0n) is 12.1. The summed E-state index contributed by atoms with van der Waals surface area (Å²) >= 11 is 0. The van der Waals surface area contributed by atoms with Crippen LogP contribution in [0.3, 0.4) is 0 Å². The summed E-state index contributed by atoms with van der Waals surface area (Å²) < 4.78 is 6.12. The molecule has 1 aromatic carbocycles. The monoisotopic (exact) mass is 279 g/mol. The van der Waals surface area contributed by atoms with Crippen LogP contribution in [0.4, 0.5) is 0 Å². The molecule has 0 aliphatic heterocycles. The maximum Gasteiger partial charge on any atom is 0.136 e. The first kappa shape index (κ1) is 13.5. The molecule has 0 aliphatic carbocycles. The van der Waals surface area contributed by atoms with E-state index in [-0.39, 0.29) is 0 Å². The summed E-state index contributed by atoms with van der Waals surface area (Å²) in [6.45, 7) is 4.30. The number of rotatable bonds is 3. The standard InChI is InChI=1S/C17H17N3O/c1-11-9-17(14(10-18)12(2)20-11)21-16-7-3-6-15-13(16)5-4-8-19-15/h3-9H,10,18H2,1-2H3. The van der Waals surface area contributed by atoms with E-state index >= 15 is 0 Å². The van der Waals surface area contributed by atoms with Crippen LogP contribution in [-0.4, -0.2) is 9.97 Å². The molecular weight excluding hydrogens is 262 g/mol. The zero-order valence-corrected chi connectivity index (χ0v) is 12.1. The van der Waals surface area contributed by atoms with Gasteiger partial charge in [0.15, 0.2) is 0 Å². The van der Waals surface area contributed by atoms with E-state index in [4.69, 9.17) is 10.5 Å². The summed E-state index contributed by atoms with van der Waals surface area (Å²) in [4.78, 5) is 8.78. The summed E-state index contributed by atoms with van der Waals surface area (Å²) in [6.07, 6.45) is 1.78. The summed E-state index contributed by atoms with van der Waals surface area (Å²) in [5.74, 6) is 1.54. The second-order valence-corrected chi connectivity index (χ2v) is 4.96. The molecule has 0 amide bonds. The average molecular weight is 279 g/mol. The first-order valence-electron chi connectivity index (χ1n) is 6.88. The molecule has 3 aromatic rings. The van der Waals surface area contributed by atoms with Crippen molar-refractivity contribution in [3.8, 4) is 11.5 Å². The Bertz CT molecular complexity index is 794. The minimum absolute atomic E-state index is 0.400. The quantitative estimate of drug-likeness (QED) is 0.797. The van der Waals surface area contributed by atoms with Gasteiger partial charge in [0, 0.05) is 41.1 Å². The van der Waals surface area contributed by atoms with Gasteiger partial charge in [0.2, 0.25) is 0 Å². The smallest absolute Gasteiger partial charge is 0.136 e. The number of aryl methyl sites for hydroxylation is 2. The van der Waals surface area contributed by atoms with Gasteiger partial charge in [0.1, 0.15) is 11.5 Å². The molecular formula is C17H17N3O. The van der Waals surface area contributed by atoms with Crippen LogP contribution >= 0.6 is 0 Å². The highest BCUT2D eigenvalue weighted by Gasteiger charge is 2.11. The third-order valence-electron chi connectivity index (χ3n) is 3.45. The van der Waals surface area contributed by atoms with E-state index < -0.39 is 0 Å². The Kier molecular flexibility index (Phi) is 3.54. The highest BCUT2D eigenvalue weighted by molar-refractivity contribution is 5.85. The predicted molar refractivity (Wildman–Crippen MR) is 83.4 cm³/mol. The zero-order chi connectivity index (χ0) is 14.8. The van der Waals surface area contributed by atoms with E-state index in [0.717, 1.165) is 39.4 Å². The molecule has 0 radical (unpaired) electrons. The maximum absolute atomic E-state index is 6.12. The van der Waals surface area contributed by atoms with Crippen LogP contribution in [0.2, 0.25) is 0 Å². The number of nitrogens with two attached hydrogens (primary N) is 1. The Morgan fingerprint density at radius 3 is 2.76 bits per heavy atom. The first-order valence-corrected chi connectivity index (χ1v) is 6.88. The van der Waals surface area contributed by atoms with E-state index in [9.17, 15) is 0 Å². The van der Waals surface area contributed by atoms with Gasteiger partial charge in [-0.3, -0.25) is 9.97 Å². The van der Waals surface area contributed by atoms with Gasteiger partial charge in [-0.15, -0.1) is 0 Å². The number of aromatic nitrogens is 2. The van der Waals surface area contributed by atoms with Crippen LogP contribution in [0.15, 0.2) is 42.6 Å². The van der Waals surface area contributed by atoms with Crippen molar-refractivity contribution in [2.24, 2.45) is 5.73 Å². The fourth-order valence-corrected chi connectivity index (χ4v) is 2.44. The first-order chi connectivity index (χ1) is 10.2. The van der Waals surface area contributed by atoms with Crippen LogP contribution in [0, 0.1) is 13.8 Å². The molecule has 21 heavy (non-hydrogen) atoms. The molecule has 0 spiro atoms. The topological polar surface area (TPSA) is 61.0 Å². The minimum Gasteiger partial charge on any atom is -0.456 e. The molecule has 2 N–H and O–H groups in total. The van der Waals surface area contributed by atoms with Crippen molar-refractivity contribution in [3.05, 3.63) is 59.5 Å². The van der Waals surface area contributed by atoms with E-state index in [1.165, 1.54) is 0 Å². The van der Waals surface area contributed by atoms with Gasteiger partial charge in [-0.05, 0) is 38.1 Å². The lowest BCUT2D eigenvalue weighted by Crippen LogP contribution is -2.05. The van der Waals surface area contributed by atoms with Crippen molar-refractivity contribution in [3.63, 3.8) is 0 Å². The maximum atomic E-state index is 6.12. The SMILES string of the molecule is Cc1cc(Oc2cccc3ncccc23)c(CN)c(C)n1. The van der Waals surface area contributed by atoms with Gasteiger partial charge in [-0.1, -0.05) is 6.07 Å². The highest BCUT2D eigenvalue weighted by atomic mass is 16.5. The number of benzene rings is 1. The lowest BCUT2D eigenvalue weighted by Gasteiger charge is -2.14. The Hall–Kier alpha value is -2.46. The number of fused-ring (bicyclic) bond motifs is 1. The van der Waals surface area contributed by atoms with E-state index in [1.54, 1.807) is 6.20 Å². The van der Waals surface area contributed by atoms with Crippen molar-refractivity contribution in [2.75, 3.05) is 0 Å². The normalized spacial score (nSPS) is 10.8. The van der Waals surface area contributed by atoms with E-state index in [0.29, 0.717) is 6.54 Å². The second-order valence-electron chi connectivity index (χ2n) is 4.96. The number of nitrogens with zero attached hydrogens (tertiary/aromatic N) is 2. The molecule has 0 fully saturated rings. The van der Waals surface area contributed by atoms with Gasteiger partial charge in [-0.25, -0.2) is 0 Å². The fourth-order valence-electron chi connectivity index (χ4n) is 2.44. The predicted octanol–water partition coefficient (Wildman–Crippen LogP) is 3.50. The molecule has 0 bridgehead atoms. The van der Waals surface area contributed by atoms with Crippen molar-refractivity contribution < 1.29 is 4.74 Å². The van der Waals surface area contributed by atoms with Crippen molar-refractivity contribution in [1.82, 2.24) is 9.97 Å². The lowest BCUT2D eigenvalue weighted by molar-refractivity contribution is 0.479. The third kappa shape index (κ3) is 2.58. The molecule has 2 aromatic heterocycles. The van der Waals surface area contributed by atoms with E-state index in [2.05, 4.69) is 9.97 Å². The molecule has 0 saturated heterocycles. The number of pyridine rings is 2. The number of ether oxygens (including phenoxy) is 1. The average Bonchev–Trinajstić information content (AvgIpc) is 2.47. The Balaban J connectivity index is 2.11. The third-order valence-corrected chi connectivity index (χ3v) is 3.45. The molecule has 2 heterocycles. The highest BCUT2D eigenvalue weighted by Crippen LogP contribution is 2.32.